The van der Waals surface area contributed by atoms with Crippen LogP contribution in [0.5, 0.6) is 0 Å². The molecule has 0 fully saturated rings. The van der Waals surface area contributed by atoms with Crippen LogP contribution in [0.4, 0.5) is 5.82 Å². The number of benzene rings is 1. The molecule has 5 heteroatoms. The molecular weight excluding hydrogens is 316 g/mol. The van der Waals surface area contributed by atoms with Crippen LogP contribution in [0, 0.1) is 6.92 Å². The first-order valence-electron chi connectivity index (χ1n) is 5.27. The van der Waals surface area contributed by atoms with E-state index in [-0.39, 0.29) is 5.91 Å². The third-order valence-corrected chi connectivity index (χ3v) is 3.32. The molecule has 2 aromatic rings. The third-order valence-electron chi connectivity index (χ3n) is 2.47. The summed E-state index contributed by atoms with van der Waals surface area (Å²) in [5.74, 6) is 0.273. The van der Waals surface area contributed by atoms with E-state index in [4.69, 9.17) is 11.6 Å². The van der Waals surface area contributed by atoms with E-state index in [2.05, 4.69) is 26.2 Å². The van der Waals surface area contributed by atoms with Crippen LogP contribution in [0.2, 0.25) is 5.02 Å². The summed E-state index contributed by atoms with van der Waals surface area (Å²) in [6.45, 7) is 1.81. The maximum Gasteiger partial charge on any atom is 0.257 e. The number of halogens is 2. The molecule has 2 rings (SSSR count). The molecule has 1 heterocycles. The van der Waals surface area contributed by atoms with Gasteiger partial charge >= 0.3 is 0 Å². The van der Waals surface area contributed by atoms with E-state index in [9.17, 15) is 4.79 Å². The Kier molecular flexibility index (Phi) is 3.99. The second-order valence-electron chi connectivity index (χ2n) is 3.71. The van der Waals surface area contributed by atoms with Gasteiger partial charge in [0.2, 0.25) is 0 Å². The molecule has 0 atom stereocenters. The van der Waals surface area contributed by atoms with Crippen molar-refractivity contribution >= 4 is 39.3 Å². The van der Waals surface area contributed by atoms with Crippen LogP contribution in [-0.4, -0.2) is 10.9 Å². The van der Waals surface area contributed by atoms with Crippen molar-refractivity contribution < 1.29 is 4.79 Å². The lowest BCUT2D eigenvalue weighted by molar-refractivity contribution is 0.102. The van der Waals surface area contributed by atoms with Gasteiger partial charge in [-0.1, -0.05) is 23.7 Å². The van der Waals surface area contributed by atoms with Gasteiger partial charge in [0.15, 0.2) is 0 Å². The molecule has 0 spiro atoms. The highest BCUT2D eigenvalue weighted by Crippen LogP contribution is 2.20. The quantitative estimate of drug-likeness (QED) is 0.846. The number of hydrogen-bond acceptors (Lipinski definition) is 2. The van der Waals surface area contributed by atoms with Gasteiger partial charge < -0.3 is 5.32 Å². The van der Waals surface area contributed by atoms with Crippen LogP contribution >= 0.6 is 27.5 Å². The summed E-state index contributed by atoms with van der Waals surface area (Å²) in [5.41, 5.74) is 1.30. The number of pyridine rings is 1. The Morgan fingerprint density at radius 1 is 1.28 bits per heavy atom. The number of rotatable bonds is 2. The molecule has 0 aliphatic heterocycles. The Bertz CT molecular complexity index is 601. The number of anilines is 1. The zero-order valence-corrected chi connectivity index (χ0v) is 11.9. The second-order valence-corrected chi connectivity index (χ2v) is 4.93. The summed E-state index contributed by atoms with van der Waals surface area (Å²) in [6, 6.07) is 10.6. The summed E-state index contributed by atoms with van der Waals surface area (Å²) >= 11 is 9.23. The van der Waals surface area contributed by atoms with Crippen LogP contribution in [0.25, 0.3) is 0 Å². The van der Waals surface area contributed by atoms with Crippen LogP contribution in [0.15, 0.2) is 41.0 Å². The summed E-state index contributed by atoms with van der Waals surface area (Å²) in [7, 11) is 0. The molecule has 0 unspecified atom stereocenters. The van der Waals surface area contributed by atoms with Crippen molar-refractivity contribution in [3.05, 3.63) is 57.2 Å². The highest BCUT2D eigenvalue weighted by atomic mass is 79.9. The molecule has 0 aliphatic rings. The maximum absolute atomic E-state index is 12.1. The number of amides is 1. The summed E-state index contributed by atoms with van der Waals surface area (Å²) < 4.78 is 0.670. The van der Waals surface area contributed by atoms with Crippen LogP contribution in [0.3, 0.4) is 0 Å². The Labute approximate surface area is 118 Å². The largest absolute Gasteiger partial charge is 0.307 e. The van der Waals surface area contributed by atoms with E-state index in [0.29, 0.717) is 21.0 Å². The van der Waals surface area contributed by atoms with Crippen LogP contribution in [-0.2, 0) is 0 Å². The van der Waals surface area contributed by atoms with Gasteiger partial charge in [-0.05, 0) is 52.7 Å². The zero-order chi connectivity index (χ0) is 13.1. The van der Waals surface area contributed by atoms with E-state index in [0.717, 1.165) is 5.56 Å². The highest BCUT2D eigenvalue weighted by Gasteiger charge is 2.11. The SMILES string of the molecule is Cc1c(Cl)cccc1C(=O)Nc1cccc(Br)n1. The molecule has 1 amide bonds. The standard InChI is InChI=1S/C13H10BrClN2O/c1-8-9(4-2-5-10(8)15)13(18)17-12-7-3-6-11(14)16-12/h2-7H,1H3,(H,16,17,18). The predicted molar refractivity (Wildman–Crippen MR) is 76.1 cm³/mol. The van der Waals surface area contributed by atoms with Gasteiger partial charge in [0, 0.05) is 10.6 Å². The molecule has 92 valence electrons. The first kappa shape index (κ1) is 13.1. The smallest absolute Gasteiger partial charge is 0.257 e. The molecule has 1 aromatic carbocycles. The van der Waals surface area contributed by atoms with Crippen LogP contribution < -0.4 is 5.32 Å². The molecule has 18 heavy (non-hydrogen) atoms. The molecule has 0 saturated carbocycles. The first-order chi connectivity index (χ1) is 8.58. The van der Waals surface area contributed by atoms with E-state index in [1.165, 1.54) is 0 Å². The van der Waals surface area contributed by atoms with E-state index in [1.54, 1.807) is 36.4 Å². The molecule has 0 bridgehead atoms. The van der Waals surface area contributed by atoms with E-state index >= 15 is 0 Å². The van der Waals surface area contributed by atoms with Crippen molar-refractivity contribution in [2.45, 2.75) is 6.92 Å². The summed E-state index contributed by atoms with van der Waals surface area (Å²) in [6.07, 6.45) is 0. The van der Waals surface area contributed by atoms with Crippen molar-refractivity contribution in [2.24, 2.45) is 0 Å². The zero-order valence-electron chi connectivity index (χ0n) is 9.58. The predicted octanol–water partition coefficient (Wildman–Crippen LogP) is 4.06. The minimum atomic E-state index is -0.222. The number of carbonyl (C=O) groups excluding carboxylic acids is 1. The minimum absolute atomic E-state index is 0.222. The Morgan fingerprint density at radius 2 is 2.00 bits per heavy atom. The number of hydrogen-bond donors (Lipinski definition) is 1. The fourth-order valence-electron chi connectivity index (χ4n) is 1.51. The third kappa shape index (κ3) is 2.89. The lowest BCUT2D eigenvalue weighted by Crippen LogP contribution is -2.14. The molecule has 3 nitrogen and oxygen atoms in total. The van der Waals surface area contributed by atoms with E-state index < -0.39 is 0 Å². The summed E-state index contributed by atoms with van der Waals surface area (Å²) in [4.78, 5) is 16.2. The van der Waals surface area contributed by atoms with Gasteiger partial charge in [-0.15, -0.1) is 0 Å². The average Bonchev–Trinajstić information content (AvgIpc) is 2.32. The van der Waals surface area contributed by atoms with Gasteiger partial charge in [-0.2, -0.15) is 0 Å². The maximum atomic E-state index is 12.1. The summed E-state index contributed by atoms with van der Waals surface area (Å²) in [5, 5.41) is 3.30. The van der Waals surface area contributed by atoms with Gasteiger partial charge in [-0.3, -0.25) is 4.79 Å². The number of nitrogens with one attached hydrogen (secondary N) is 1. The topological polar surface area (TPSA) is 42.0 Å². The monoisotopic (exact) mass is 324 g/mol. The fraction of sp³-hybridized carbons (Fsp3) is 0.0769. The lowest BCUT2D eigenvalue weighted by atomic mass is 10.1. The van der Waals surface area contributed by atoms with E-state index in [1.807, 2.05) is 6.92 Å². The Balaban J connectivity index is 2.25. The Hall–Kier alpha value is -1.39. The molecule has 0 saturated heterocycles. The Morgan fingerprint density at radius 3 is 2.72 bits per heavy atom. The first-order valence-corrected chi connectivity index (χ1v) is 6.44. The fourth-order valence-corrected chi connectivity index (χ4v) is 2.03. The normalized spacial score (nSPS) is 10.2. The molecule has 0 radical (unpaired) electrons. The van der Waals surface area contributed by atoms with Crippen molar-refractivity contribution in [2.75, 3.05) is 5.32 Å². The van der Waals surface area contributed by atoms with Crippen molar-refractivity contribution in [3.8, 4) is 0 Å². The second kappa shape index (κ2) is 5.50. The molecule has 1 aromatic heterocycles. The number of nitrogens with zero attached hydrogens (tertiary/aromatic N) is 1. The van der Waals surface area contributed by atoms with Crippen molar-refractivity contribution in [1.82, 2.24) is 4.98 Å². The van der Waals surface area contributed by atoms with Crippen molar-refractivity contribution in [3.63, 3.8) is 0 Å². The van der Waals surface area contributed by atoms with Gasteiger partial charge in [0.1, 0.15) is 10.4 Å². The molecule has 0 aliphatic carbocycles. The number of aromatic nitrogens is 1. The van der Waals surface area contributed by atoms with Crippen LogP contribution in [0.1, 0.15) is 15.9 Å². The average molecular weight is 326 g/mol. The minimum Gasteiger partial charge on any atom is -0.307 e. The van der Waals surface area contributed by atoms with Crippen molar-refractivity contribution in [1.29, 1.82) is 0 Å². The highest BCUT2D eigenvalue weighted by molar-refractivity contribution is 9.10. The number of carbonyl (C=O) groups is 1. The van der Waals surface area contributed by atoms with Gasteiger partial charge in [0.25, 0.3) is 5.91 Å². The lowest BCUT2D eigenvalue weighted by Gasteiger charge is -2.08. The molecular formula is C13H10BrClN2O. The van der Waals surface area contributed by atoms with Gasteiger partial charge in [0.05, 0.1) is 0 Å². The molecule has 1 N–H and O–H groups in total. The van der Waals surface area contributed by atoms with Gasteiger partial charge in [-0.25, -0.2) is 4.98 Å².